The molecule has 1 aliphatic rings. The molecule has 3 rings (SSSR count). The van der Waals surface area contributed by atoms with Gasteiger partial charge in [0, 0.05) is 19.2 Å². The van der Waals surface area contributed by atoms with Crippen molar-refractivity contribution in [2.45, 2.75) is 12.1 Å². The summed E-state index contributed by atoms with van der Waals surface area (Å²) in [6.07, 6.45) is -1.21. The number of benzene rings is 2. The molecule has 26 heavy (non-hydrogen) atoms. The number of rotatable bonds is 4. The third kappa shape index (κ3) is 3.34. The third-order valence-corrected chi connectivity index (χ3v) is 4.53. The summed E-state index contributed by atoms with van der Waals surface area (Å²) in [5.74, 6) is -0.806. The quantitative estimate of drug-likeness (QED) is 0.872. The van der Waals surface area contributed by atoms with Crippen molar-refractivity contribution in [1.82, 2.24) is 10.2 Å². The number of hydrogen-bond acceptors (Lipinski definition) is 4. The van der Waals surface area contributed by atoms with E-state index in [1.54, 1.807) is 30.9 Å². The predicted molar refractivity (Wildman–Crippen MR) is 101 cm³/mol. The van der Waals surface area contributed by atoms with Gasteiger partial charge in [-0.05, 0) is 31.3 Å². The molecule has 0 aliphatic carbocycles. The van der Waals surface area contributed by atoms with Crippen molar-refractivity contribution in [2.75, 3.05) is 32.6 Å². The summed E-state index contributed by atoms with van der Waals surface area (Å²) < 4.78 is 0. The van der Waals surface area contributed by atoms with Crippen LogP contribution in [0.25, 0.3) is 11.1 Å². The number of nitrogens with one attached hydrogen (secondary N) is 1. The van der Waals surface area contributed by atoms with Gasteiger partial charge in [0.25, 0.3) is 11.8 Å². The van der Waals surface area contributed by atoms with Crippen LogP contribution in [0.4, 0.5) is 5.69 Å². The van der Waals surface area contributed by atoms with Gasteiger partial charge in [-0.25, -0.2) is 0 Å². The van der Waals surface area contributed by atoms with Crippen LogP contribution in [0.2, 0.25) is 0 Å². The van der Waals surface area contributed by atoms with Crippen LogP contribution >= 0.6 is 0 Å². The zero-order valence-corrected chi connectivity index (χ0v) is 15.1. The molecule has 2 amide bonds. The molecule has 0 saturated carbocycles. The monoisotopic (exact) mass is 353 g/mol. The molecule has 2 aromatic rings. The van der Waals surface area contributed by atoms with Gasteiger partial charge in [0.1, 0.15) is 12.1 Å². The van der Waals surface area contributed by atoms with E-state index in [1.807, 2.05) is 48.5 Å². The van der Waals surface area contributed by atoms with Gasteiger partial charge in [0.15, 0.2) is 0 Å². The van der Waals surface area contributed by atoms with Crippen molar-refractivity contribution >= 4 is 17.5 Å². The Labute approximate surface area is 153 Å². The minimum Gasteiger partial charge on any atom is -0.382 e. The summed E-state index contributed by atoms with van der Waals surface area (Å²) in [6.45, 7) is 0.185. The number of carbonyl (C=O) groups excluding carboxylic acids is 2. The Hall–Kier alpha value is -2.70. The van der Waals surface area contributed by atoms with E-state index < -0.39 is 18.1 Å². The lowest BCUT2D eigenvalue weighted by atomic mass is 9.95. The molecule has 0 spiro atoms. The molecule has 6 nitrogen and oxygen atoms in total. The molecule has 0 saturated heterocycles. The number of fused-ring (bicyclic) bond motifs is 3. The lowest BCUT2D eigenvalue weighted by Gasteiger charge is -2.24. The topological polar surface area (TPSA) is 72.9 Å². The molecule has 136 valence electrons. The Kier molecular flexibility index (Phi) is 5.06. The van der Waals surface area contributed by atoms with E-state index in [9.17, 15) is 14.7 Å². The van der Waals surface area contributed by atoms with Gasteiger partial charge < -0.3 is 20.2 Å². The molecule has 2 unspecified atom stereocenters. The number of anilines is 1. The molecule has 0 aromatic heterocycles. The lowest BCUT2D eigenvalue weighted by molar-refractivity contribution is -0.133. The molecule has 0 bridgehead atoms. The summed E-state index contributed by atoms with van der Waals surface area (Å²) in [4.78, 5) is 28.8. The number of aliphatic hydroxyl groups is 1. The van der Waals surface area contributed by atoms with Crippen molar-refractivity contribution in [3.63, 3.8) is 0 Å². The molecule has 6 heteroatoms. The van der Waals surface area contributed by atoms with Gasteiger partial charge >= 0.3 is 0 Å². The predicted octanol–water partition coefficient (Wildman–Crippen LogP) is 1.41. The number of carbonyl (C=O) groups is 2. The average Bonchev–Trinajstić information content (AvgIpc) is 2.71. The van der Waals surface area contributed by atoms with E-state index in [4.69, 9.17) is 0 Å². The minimum atomic E-state index is -1.21. The number of amides is 2. The summed E-state index contributed by atoms with van der Waals surface area (Å²) in [5, 5.41) is 12.8. The van der Waals surface area contributed by atoms with E-state index >= 15 is 0 Å². The SMILES string of the molecule is CN(C)CC(O)C(=O)NC1C(=O)N(C)c2ccccc2-c2ccccc21. The lowest BCUT2D eigenvalue weighted by Crippen LogP contribution is -2.46. The average molecular weight is 353 g/mol. The highest BCUT2D eigenvalue weighted by Gasteiger charge is 2.34. The van der Waals surface area contributed by atoms with Gasteiger partial charge in [-0.15, -0.1) is 0 Å². The summed E-state index contributed by atoms with van der Waals surface area (Å²) >= 11 is 0. The molecule has 0 fully saturated rings. The Balaban J connectivity index is 2.02. The van der Waals surface area contributed by atoms with Crippen LogP contribution in [0.3, 0.4) is 0 Å². The fourth-order valence-corrected chi connectivity index (χ4v) is 3.24. The van der Waals surface area contributed by atoms with Crippen molar-refractivity contribution in [1.29, 1.82) is 0 Å². The second-order valence-corrected chi connectivity index (χ2v) is 6.72. The standard InChI is InChI=1S/C20H23N3O3/c1-22(2)12-17(24)19(25)21-18-15-10-5-4-8-13(15)14-9-6-7-11-16(14)23(3)20(18)26/h4-11,17-18,24H,12H2,1-3H3,(H,21,25). The van der Waals surface area contributed by atoms with Gasteiger partial charge in [-0.2, -0.15) is 0 Å². The first-order chi connectivity index (χ1) is 12.4. The highest BCUT2D eigenvalue weighted by atomic mass is 16.3. The maximum atomic E-state index is 13.1. The van der Waals surface area contributed by atoms with Crippen LogP contribution in [-0.2, 0) is 9.59 Å². The van der Waals surface area contributed by atoms with Gasteiger partial charge in [0.05, 0.1) is 5.69 Å². The minimum absolute atomic E-state index is 0.185. The third-order valence-electron chi connectivity index (χ3n) is 4.53. The van der Waals surface area contributed by atoms with E-state index in [1.165, 1.54) is 0 Å². The van der Waals surface area contributed by atoms with Crippen molar-refractivity contribution in [2.24, 2.45) is 0 Å². The molecule has 2 aromatic carbocycles. The largest absolute Gasteiger partial charge is 0.382 e. The molecular weight excluding hydrogens is 330 g/mol. The second kappa shape index (κ2) is 7.27. The number of likely N-dealkylation sites (N-methyl/N-ethyl adjacent to an activating group) is 2. The van der Waals surface area contributed by atoms with Crippen LogP contribution in [0.1, 0.15) is 11.6 Å². The van der Waals surface area contributed by atoms with Crippen LogP contribution in [0, 0.1) is 0 Å². The first-order valence-corrected chi connectivity index (χ1v) is 8.49. The smallest absolute Gasteiger partial charge is 0.253 e. The zero-order chi connectivity index (χ0) is 18.8. The van der Waals surface area contributed by atoms with E-state index in [0.717, 1.165) is 22.4 Å². The van der Waals surface area contributed by atoms with E-state index in [2.05, 4.69) is 5.32 Å². The Morgan fingerprint density at radius 2 is 1.77 bits per heavy atom. The summed E-state index contributed by atoms with van der Waals surface area (Å²) in [7, 11) is 5.24. The fraction of sp³-hybridized carbons (Fsp3) is 0.300. The molecule has 0 radical (unpaired) electrons. The molecule has 1 heterocycles. The van der Waals surface area contributed by atoms with Crippen LogP contribution in [-0.4, -0.2) is 55.6 Å². The van der Waals surface area contributed by atoms with Crippen molar-refractivity contribution in [3.05, 3.63) is 54.1 Å². The summed E-state index contributed by atoms with van der Waals surface area (Å²) in [5.41, 5.74) is 3.34. The number of aliphatic hydroxyl groups excluding tert-OH is 1. The zero-order valence-electron chi connectivity index (χ0n) is 15.1. The van der Waals surface area contributed by atoms with Crippen LogP contribution in [0.15, 0.2) is 48.5 Å². The number of para-hydroxylation sites is 1. The highest BCUT2D eigenvalue weighted by Crippen LogP contribution is 2.39. The normalized spacial score (nSPS) is 17.3. The maximum Gasteiger partial charge on any atom is 0.253 e. The van der Waals surface area contributed by atoms with Crippen molar-refractivity contribution in [3.8, 4) is 11.1 Å². The number of nitrogens with zero attached hydrogens (tertiary/aromatic N) is 2. The van der Waals surface area contributed by atoms with Gasteiger partial charge in [-0.1, -0.05) is 42.5 Å². The first-order valence-electron chi connectivity index (χ1n) is 8.49. The van der Waals surface area contributed by atoms with E-state index in [0.29, 0.717) is 0 Å². The van der Waals surface area contributed by atoms with Crippen LogP contribution in [0.5, 0.6) is 0 Å². The Morgan fingerprint density at radius 1 is 1.15 bits per heavy atom. The van der Waals surface area contributed by atoms with Gasteiger partial charge in [-0.3, -0.25) is 9.59 Å². The molecule has 2 N–H and O–H groups in total. The molecule has 1 aliphatic heterocycles. The fourth-order valence-electron chi connectivity index (χ4n) is 3.24. The number of hydrogen-bond donors (Lipinski definition) is 2. The maximum absolute atomic E-state index is 13.1. The van der Waals surface area contributed by atoms with Crippen LogP contribution < -0.4 is 10.2 Å². The first kappa shape index (κ1) is 18.1. The Bertz CT molecular complexity index is 835. The Morgan fingerprint density at radius 3 is 2.46 bits per heavy atom. The van der Waals surface area contributed by atoms with E-state index in [-0.39, 0.29) is 12.5 Å². The molecular formula is C20H23N3O3. The molecule has 2 atom stereocenters. The second-order valence-electron chi connectivity index (χ2n) is 6.72. The van der Waals surface area contributed by atoms with Gasteiger partial charge in [0.2, 0.25) is 0 Å². The highest BCUT2D eigenvalue weighted by molar-refractivity contribution is 6.06. The van der Waals surface area contributed by atoms with Crippen molar-refractivity contribution < 1.29 is 14.7 Å². The summed E-state index contributed by atoms with van der Waals surface area (Å²) in [6, 6.07) is 14.3.